The number of carbonyl (C=O) groups excluding carboxylic acids is 1. The van der Waals surface area contributed by atoms with Crippen molar-refractivity contribution in [3.63, 3.8) is 0 Å². The van der Waals surface area contributed by atoms with Gasteiger partial charge in [0.15, 0.2) is 11.0 Å². The van der Waals surface area contributed by atoms with Crippen LogP contribution in [0.3, 0.4) is 0 Å². The molecule has 2 aromatic carbocycles. The van der Waals surface area contributed by atoms with E-state index in [-0.39, 0.29) is 12.0 Å². The van der Waals surface area contributed by atoms with E-state index in [1.807, 2.05) is 54.9 Å². The third-order valence-electron chi connectivity index (χ3n) is 4.68. The lowest BCUT2D eigenvalue weighted by Gasteiger charge is -2.11. The van der Waals surface area contributed by atoms with E-state index in [9.17, 15) is 4.79 Å². The Morgan fingerprint density at radius 2 is 2.11 bits per heavy atom. The number of hydrogen-bond donors (Lipinski definition) is 1. The number of nitrogens with zero attached hydrogens (tertiary/aromatic N) is 3. The summed E-state index contributed by atoms with van der Waals surface area (Å²) in [5.74, 6) is 1.96. The summed E-state index contributed by atoms with van der Waals surface area (Å²) in [5.41, 5.74) is 3.38. The number of amides is 1. The second kappa shape index (κ2) is 8.06. The maximum absolute atomic E-state index is 12.2. The van der Waals surface area contributed by atoms with Crippen LogP contribution in [0.15, 0.2) is 53.7 Å². The number of hydrogen-bond acceptors (Lipinski definition) is 5. The standard InChI is InChI=1S/C21H22N4O2S/c1-14-6-5-8-16(10-14)20-23-24-21(25(20)2)28-13-19(26)22-12-17-11-15-7-3-4-9-18(15)27-17/h3-10,17H,11-13H2,1-2H3,(H,22,26). The lowest BCUT2D eigenvalue weighted by molar-refractivity contribution is -0.118. The quantitative estimate of drug-likeness (QED) is 0.651. The molecule has 1 atom stereocenters. The lowest BCUT2D eigenvalue weighted by atomic mass is 10.1. The fourth-order valence-electron chi connectivity index (χ4n) is 3.25. The Balaban J connectivity index is 1.29. The number of aromatic nitrogens is 3. The Bertz CT molecular complexity index is 977. The molecule has 0 saturated carbocycles. The van der Waals surface area contributed by atoms with Crippen LogP contribution >= 0.6 is 11.8 Å². The topological polar surface area (TPSA) is 69.0 Å². The van der Waals surface area contributed by atoms with Gasteiger partial charge in [0.05, 0.1) is 12.3 Å². The van der Waals surface area contributed by atoms with Gasteiger partial charge in [-0.1, -0.05) is 53.7 Å². The van der Waals surface area contributed by atoms with Crippen molar-refractivity contribution in [2.24, 2.45) is 7.05 Å². The molecule has 144 valence electrons. The molecule has 1 amide bonds. The van der Waals surface area contributed by atoms with Crippen molar-refractivity contribution in [1.29, 1.82) is 0 Å². The molecule has 1 aliphatic heterocycles. The number of thioether (sulfide) groups is 1. The van der Waals surface area contributed by atoms with Crippen LogP contribution in [0.5, 0.6) is 5.75 Å². The van der Waals surface area contributed by atoms with Crippen molar-refractivity contribution in [3.05, 3.63) is 59.7 Å². The van der Waals surface area contributed by atoms with Gasteiger partial charge < -0.3 is 14.6 Å². The van der Waals surface area contributed by atoms with E-state index in [0.717, 1.165) is 28.7 Å². The van der Waals surface area contributed by atoms with Crippen LogP contribution in [-0.2, 0) is 18.3 Å². The molecule has 28 heavy (non-hydrogen) atoms. The second-order valence-electron chi connectivity index (χ2n) is 6.88. The Hall–Kier alpha value is -2.80. The third-order valence-corrected chi connectivity index (χ3v) is 5.70. The molecule has 0 fully saturated rings. The molecule has 0 aliphatic carbocycles. The summed E-state index contributed by atoms with van der Waals surface area (Å²) in [7, 11) is 1.92. The van der Waals surface area contributed by atoms with Crippen LogP contribution in [0.1, 0.15) is 11.1 Å². The molecule has 1 aliphatic rings. The van der Waals surface area contributed by atoms with E-state index in [2.05, 4.69) is 27.6 Å². The summed E-state index contributed by atoms with van der Waals surface area (Å²) in [5, 5.41) is 12.2. The average Bonchev–Trinajstić information content (AvgIpc) is 3.27. The van der Waals surface area contributed by atoms with Crippen LogP contribution in [0.25, 0.3) is 11.4 Å². The minimum Gasteiger partial charge on any atom is -0.488 e. The van der Waals surface area contributed by atoms with E-state index in [0.29, 0.717) is 12.3 Å². The molecule has 1 N–H and O–H groups in total. The minimum atomic E-state index is -0.0374. The van der Waals surface area contributed by atoms with Gasteiger partial charge in [-0.05, 0) is 24.6 Å². The number of para-hydroxylation sites is 1. The zero-order chi connectivity index (χ0) is 19.5. The molecule has 6 nitrogen and oxygen atoms in total. The first-order valence-corrected chi connectivity index (χ1v) is 10.2. The summed E-state index contributed by atoms with van der Waals surface area (Å²) in [6.07, 6.45) is 0.821. The molecule has 0 saturated heterocycles. The monoisotopic (exact) mass is 394 g/mol. The maximum Gasteiger partial charge on any atom is 0.230 e. The van der Waals surface area contributed by atoms with Crippen molar-refractivity contribution in [2.75, 3.05) is 12.3 Å². The Labute approximate surface area is 168 Å². The fraction of sp³-hybridized carbons (Fsp3) is 0.286. The number of nitrogens with one attached hydrogen (secondary N) is 1. The van der Waals surface area contributed by atoms with Crippen LogP contribution < -0.4 is 10.1 Å². The van der Waals surface area contributed by atoms with E-state index < -0.39 is 0 Å². The Kier molecular flexibility index (Phi) is 5.34. The number of benzene rings is 2. The van der Waals surface area contributed by atoms with Crippen molar-refractivity contribution in [3.8, 4) is 17.1 Å². The molecule has 2 heterocycles. The SMILES string of the molecule is Cc1cccc(-c2nnc(SCC(=O)NCC3Cc4ccccc4O3)n2C)c1. The van der Waals surface area contributed by atoms with Gasteiger partial charge in [0.2, 0.25) is 5.91 Å². The van der Waals surface area contributed by atoms with E-state index >= 15 is 0 Å². The molecule has 1 aromatic heterocycles. The number of aryl methyl sites for hydroxylation is 1. The molecule has 0 radical (unpaired) electrons. The van der Waals surface area contributed by atoms with Gasteiger partial charge in [0.25, 0.3) is 0 Å². The molecule has 1 unspecified atom stereocenters. The summed E-state index contributed by atoms with van der Waals surface area (Å²) in [6, 6.07) is 16.1. The van der Waals surface area contributed by atoms with Gasteiger partial charge in [0, 0.05) is 19.0 Å². The normalized spacial score (nSPS) is 15.1. The smallest absolute Gasteiger partial charge is 0.230 e. The molecular formula is C21H22N4O2S. The van der Waals surface area contributed by atoms with E-state index in [1.54, 1.807) is 0 Å². The van der Waals surface area contributed by atoms with Gasteiger partial charge >= 0.3 is 0 Å². The minimum absolute atomic E-state index is 0.00546. The Morgan fingerprint density at radius 3 is 2.93 bits per heavy atom. The summed E-state index contributed by atoms with van der Waals surface area (Å²) in [6.45, 7) is 2.55. The highest BCUT2D eigenvalue weighted by atomic mass is 32.2. The van der Waals surface area contributed by atoms with Gasteiger partial charge in [0.1, 0.15) is 11.9 Å². The number of rotatable bonds is 6. The van der Waals surface area contributed by atoms with E-state index in [1.165, 1.54) is 22.9 Å². The molecule has 7 heteroatoms. The van der Waals surface area contributed by atoms with Crippen LogP contribution in [0, 0.1) is 6.92 Å². The van der Waals surface area contributed by atoms with Crippen molar-refractivity contribution in [1.82, 2.24) is 20.1 Å². The van der Waals surface area contributed by atoms with Crippen molar-refractivity contribution < 1.29 is 9.53 Å². The highest BCUT2D eigenvalue weighted by Crippen LogP contribution is 2.28. The summed E-state index contributed by atoms with van der Waals surface area (Å²) in [4.78, 5) is 12.2. The first kappa shape index (κ1) is 18.6. The first-order valence-electron chi connectivity index (χ1n) is 9.20. The van der Waals surface area contributed by atoms with E-state index in [4.69, 9.17) is 4.74 Å². The Morgan fingerprint density at radius 1 is 1.25 bits per heavy atom. The number of ether oxygens (including phenoxy) is 1. The van der Waals surface area contributed by atoms with Gasteiger partial charge in [-0.15, -0.1) is 10.2 Å². The highest BCUT2D eigenvalue weighted by molar-refractivity contribution is 7.99. The largest absolute Gasteiger partial charge is 0.488 e. The predicted molar refractivity (Wildman–Crippen MR) is 109 cm³/mol. The van der Waals surface area contributed by atoms with Gasteiger partial charge in [-0.25, -0.2) is 0 Å². The summed E-state index contributed by atoms with van der Waals surface area (Å²) < 4.78 is 7.77. The first-order chi connectivity index (χ1) is 13.6. The third kappa shape index (κ3) is 4.04. The van der Waals surface area contributed by atoms with Crippen molar-refractivity contribution in [2.45, 2.75) is 24.6 Å². The van der Waals surface area contributed by atoms with Crippen molar-refractivity contribution >= 4 is 17.7 Å². The average molecular weight is 395 g/mol. The lowest BCUT2D eigenvalue weighted by Crippen LogP contribution is -2.35. The molecular weight excluding hydrogens is 372 g/mol. The van der Waals surface area contributed by atoms with Gasteiger partial charge in [-0.2, -0.15) is 0 Å². The van der Waals surface area contributed by atoms with Crippen LogP contribution in [0.2, 0.25) is 0 Å². The van der Waals surface area contributed by atoms with Gasteiger partial charge in [-0.3, -0.25) is 4.79 Å². The molecule has 4 rings (SSSR count). The zero-order valence-corrected chi connectivity index (χ0v) is 16.7. The van der Waals surface area contributed by atoms with Crippen LogP contribution in [-0.4, -0.2) is 39.1 Å². The maximum atomic E-state index is 12.2. The molecule has 3 aromatic rings. The number of carbonyl (C=O) groups is 1. The number of fused-ring (bicyclic) bond motifs is 1. The summed E-state index contributed by atoms with van der Waals surface area (Å²) >= 11 is 1.38. The fourth-order valence-corrected chi connectivity index (χ4v) is 3.99. The highest BCUT2D eigenvalue weighted by Gasteiger charge is 2.22. The molecule has 0 bridgehead atoms. The zero-order valence-electron chi connectivity index (χ0n) is 15.9. The van der Waals surface area contributed by atoms with Crippen LogP contribution in [0.4, 0.5) is 0 Å². The molecule has 0 spiro atoms. The second-order valence-corrected chi connectivity index (χ2v) is 7.82. The predicted octanol–water partition coefficient (Wildman–Crippen LogP) is 3.00.